The number of carbonyl (C=O) groups is 1. The van der Waals surface area contributed by atoms with Crippen molar-refractivity contribution in [2.45, 2.75) is 6.61 Å². The molecule has 2 aromatic rings. The summed E-state index contributed by atoms with van der Waals surface area (Å²) in [6.07, 6.45) is 0. The second kappa shape index (κ2) is 5.69. The van der Waals surface area contributed by atoms with Crippen LogP contribution in [0.5, 0.6) is 5.75 Å². The summed E-state index contributed by atoms with van der Waals surface area (Å²) in [5, 5.41) is 17.8. The van der Waals surface area contributed by atoms with Crippen molar-refractivity contribution in [2.75, 3.05) is 0 Å². The minimum absolute atomic E-state index is 0.172. The lowest BCUT2D eigenvalue weighted by Crippen LogP contribution is -2.00. The van der Waals surface area contributed by atoms with Crippen LogP contribution in [0.2, 0.25) is 0 Å². The molecule has 0 aliphatic heterocycles. The van der Waals surface area contributed by atoms with Crippen LogP contribution in [-0.2, 0) is 6.61 Å². The van der Waals surface area contributed by atoms with Crippen molar-refractivity contribution in [2.24, 2.45) is 0 Å². The molecule has 4 nitrogen and oxygen atoms in total. The van der Waals surface area contributed by atoms with Crippen LogP contribution in [0.15, 0.2) is 48.5 Å². The quantitative estimate of drug-likeness (QED) is 0.909. The van der Waals surface area contributed by atoms with E-state index in [9.17, 15) is 4.79 Å². The topological polar surface area (TPSA) is 70.3 Å². The van der Waals surface area contributed by atoms with E-state index in [1.165, 1.54) is 12.1 Å². The number of ether oxygens (including phenoxy) is 1. The lowest BCUT2D eigenvalue weighted by atomic mass is 10.1. The Morgan fingerprint density at radius 1 is 1.21 bits per heavy atom. The minimum Gasteiger partial charge on any atom is -0.489 e. The number of rotatable bonds is 4. The molecule has 0 saturated heterocycles. The van der Waals surface area contributed by atoms with Crippen LogP contribution in [0.4, 0.5) is 0 Å². The average Bonchev–Trinajstić information content (AvgIpc) is 2.45. The summed E-state index contributed by atoms with van der Waals surface area (Å²) in [5.74, 6) is -0.532. The summed E-state index contributed by atoms with van der Waals surface area (Å²) in [7, 11) is 0. The SMILES string of the molecule is N#Cc1ccccc1COc1cccc(C(=O)O)c1. The van der Waals surface area contributed by atoms with Gasteiger partial charge in [-0.1, -0.05) is 24.3 Å². The van der Waals surface area contributed by atoms with Crippen LogP contribution in [-0.4, -0.2) is 11.1 Å². The van der Waals surface area contributed by atoms with Gasteiger partial charge in [0, 0.05) is 5.56 Å². The third-order valence-corrected chi connectivity index (χ3v) is 2.61. The Kier molecular flexibility index (Phi) is 3.79. The van der Waals surface area contributed by atoms with Gasteiger partial charge in [-0.05, 0) is 24.3 Å². The van der Waals surface area contributed by atoms with Gasteiger partial charge < -0.3 is 9.84 Å². The maximum absolute atomic E-state index is 10.8. The molecule has 0 amide bonds. The summed E-state index contributed by atoms with van der Waals surface area (Å²) in [6, 6.07) is 15.5. The Morgan fingerprint density at radius 3 is 2.74 bits per heavy atom. The average molecular weight is 253 g/mol. The van der Waals surface area contributed by atoms with Crippen LogP contribution in [0.1, 0.15) is 21.5 Å². The van der Waals surface area contributed by atoms with Gasteiger partial charge in [0.1, 0.15) is 12.4 Å². The molecular weight excluding hydrogens is 242 g/mol. The fourth-order valence-electron chi connectivity index (χ4n) is 1.64. The van der Waals surface area contributed by atoms with E-state index < -0.39 is 5.97 Å². The van der Waals surface area contributed by atoms with Gasteiger partial charge in [-0.3, -0.25) is 0 Å². The number of hydrogen-bond acceptors (Lipinski definition) is 3. The number of hydrogen-bond donors (Lipinski definition) is 1. The highest BCUT2D eigenvalue weighted by atomic mass is 16.5. The van der Waals surface area contributed by atoms with E-state index in [0.29, 0.717) is 11.3 Å². The fourth-order valence-corrected chi connectivity index (χ4v) is 1.64. The van der Waals surface area contributed by atoms with Crippen molar-refractivity contribution >= 4 is 5.97 Å². The molecule has 94 valence electrons. The van der Waals surface area contributed by atoms with Crippen molar-refractivity contribution in [3.05, 3.63) is 65.2 Å². The summed E-state index contributed by atoms with van der Waals surface area (Å²) < 4.78 is 5.51. The van der Waals surface area contributed by atoms with Crippen LogP contribution >= 0.6 is 0 Å². The predicted octanol–water partition coefficient (Wildman–Crippen LogP) is 2.84. The first kappa shape index (κ1) is 12.7. The van der Waals surface area contributed by atoms with E-state index >= 15 is 0 Å². The fraction of sp³-hybridized carbons (Fsp3) is 0.0667. The molecule has 4 heteroatoms. The monoisotopic (exact) mass is 253 g/mol. The number of benzene rings is 2. The minimum atomic E-state index is -0.997. The lowest BCUT2D eigenvalue weighted by molar-refractivity contribution is 0.0696. The molecule has 0 saturated carbocycles. The number of nitriles is 1. The highest BCUT2D eigenvalue weighted by Crippen LogP contribution is 2.16. The van der Waals surface area contributed by atoms with E-state index in [0.717, 1.165) is 5.56 Å². The van der Waals surface area contributed by atoms with E-state index in [1.807, 2.05) is 6.07 Å². The Balaban J connectivity index is 2.13. The normalized spacial score (nSPS) is 9.63. The molecule has 0 fully saturated rings. The van der Waals surface area contributed by atoms with Crippen LogP contribution in [0.25, 0.3) is 0 Å². The number of carboxylic acid groups (broad SMARTS) is 1. The summed E-state index contributed by atoms with van der Waals surface area (Å²) in [4.78, 5) is 10.8. The van der Waals surface area contributed by atoms with Gasteiger partial charge in [-0.2, -0.15) is 5.26 Å². The zero-order valence-electron chi connectivity index (χ0n) is 10.0. The molecule has 0 spiro atoms. The van der Waals surface area contributed by atoms with E-state index in [4.69, 9.17) is 15.1 Å². The van der Waals surface area contributed by atoms with E-state index in [2.05, 4.69) is 6.07 Å². The van der Waals surface area contributed by atoms with Crippen LogP contribution < -0.4 is 4.74 Å². The number of nitrogens with zero attached hydrogens (tertiary/aromatic N) is 1. The molecule has 2 aromatic carbocycles. The molecule has 0 aliphatic carbocycles. The molecule has 1 N–H and O–H groups in total. The zero-order valence-corrected chi connectivity index (χ0v) is 10.0. The standard InChI is InChI=1S/C15H11NO3/c16-9-12-4-1-2-5-13(12)10-19-14-7-3-6-11(8-14)15(17)18/h1-8H,10H2,(H,17,18). The van der Waals surface area contributed by atoms with Crippen molar-refractivity contribution in [3.8, 4) is 11.8 Å². The first-order chi connectivity index (χ1) is 9.20. The maximum Gasteiger partial charge on any atom is 0.335 e. The van der Waals surface area contributed by atoms with Gasteiger partial charge >= 0.3 is 5.97 Å². The zero-order chi connectivity index (χ0) is 13.7. The molecule has 0 aliphatic rings. The van der Waals surface area contributed by atoms with Gasteiger partial charge in [0.15, 0.2) is 0 Å². The van der Waals surface area contributed by atoms with Crippen molar-refractivity contribution < 1.29 is 14.6 Å². The smallest absolute Gasteiger partial charge is 0.335 e. The van der Waals surface area contributed by atoms with Crippen molar-refractivity contribution in [1.82, 2.24) is 0 Å². The number of carboxylic acids is 1. The molecule has 2 rings (SSSR count). The predicted molar refractivity (Wildman–Crippen MR) is 68.9 cm³/mol. The Hall–Kier alpha value is -2.80. The van der Waals surface area contributed by atoms with E-state index in [-0.39, 0.29) is 12.2 Å². The van der Waals surface area contributed by atoms with Crippen molar-refractivity contribution in [1.29, 1.82) is 5.26 Å². The molecule has 19 heavy (non-hydrogen) atoms. The molecule has 0 aromatic heterocycles. The first-order valence-corrected chi connectivity index (χ1v) is 5.65. The highest BCUT2D eigenvalue weighted by molar-refractivity contribution is 5.87. The number of aromatic carboxylic acids is 1. The Labute approximate surface area is 110 Å². The Morgan fingerprint density at radius 2 is 2.00 bits per heavy atom. The van der Waals surface area contributed by atoms with Gasteiger partial charge in [0.25, 0.3) is 0 Å². The molecule has 0 atom stereocenters. The second-order valence-corrected chi connectivity index (χ2v) is 3.89. The van der Waals surface area contributed by atoms with Crippen LogP contribution in [0, 0.1) is 11.3 Å². The van der Waals surface area contributed by atoms with Crippen LogP contribution in [0.3, 0.4) is 0 Å². The second-order valence-electron chi connectivity index (χ2n) is 3.89. The molecule has 0 unspecified atom stereocenters. The third kappa shape index (κ3) is 3.11. The van der Waals surface area contributed by atoms with Gasteiger partial charge in [0.2, 0.25) is 0 Å². The maximum atomic E-state index is 10.8. The van der Waals surface area contributed by atoms with Gasteiger partial charge in [0.05, 0.1) is 17.2 Å². The summed E-state index contributed by atoms with van der Waals surface area (Å²) >= 11 is 0. The highest BCUT2D eigenvalue weighted by Gasteiger charge is 2.05. The van der Waals surface area contributed by atoms with E-state index in [1.54, 1.807) is 30.3 Å². The molecule has 0 bridgehead atoms. The molecular formula is C15H11NO3. The lowest BCUT2D eigenvalue weighted by Gasteiger charge is -2.08. The first-order valence-electron chi connectivity index (χ1n) is 5.65. The Bertz CT molecular complexity index is 644. The third-order valence-electron chi connectivity index (χ3n) is 2.61. The van der Waals surface area contributed by atoms with Gasteiger partial charge in [-0.15, -0.1) is 0 Å². The molecule has 0 radical (unpaired) electrons. The van der Waals surface area contributed by atoms with Gasteiger partial charge in [-0.25, -0.2) is 4.79 Å². The van der Waals surface area contributed by atoms with Crippen molar-refractivity contribution in [3.63, 3.8) is 0 Å². The summed E-state index contributed by atoms with van der Waals surface area (Å²) in [5.41, 5.74) is 1.49. The molecule has 0 heterocycles. The summed E-state index contributed by atoms with van der Waals surface area (Å²) in [6.45, 7) is 0.229. The largest absolute Gasteiger partial charge is 0.489 e.